The third-order valence-corrected chi connectivity index (χ3v) is 8.29. The Hall–Kier alpha value is -2.45. The second kappa shape index (κ2) is 8.96. The van der Waals surface area contributed by atoms with Gasteiger partial charge < -0.3 is 10.1 Å². The number of pyridine rings is 1. The SMILES string of the molecule is CCOc1ccccc1NC(=O)[C@H]1CN(S(=O)(=O)c2cccnc2)CC12CCCCC2. The van der Waals surface area contributed by atoms with Crippen LogP contribution in [0.5, 0.6) is 5.75 Å². The van der Waals surface area contributed by atoms with Crippen LogP contribution in [0, 0.1) is 11.3 Å². The Kier molecular flexibility index (Phi) is 6.29. The van der Waals surface area contributed by atoms with E-state index in [9.17, 15) is 13.2 Å². The van der Waals surface area contributed by atoms with Gasteiger partial charge in [-0.25, -0.2) is 8.42 Å². The van der Waals surface area contributed by atoms with E-state index in [0.717, 1.165) is 32.1 Å². The highest BCUT2D eigenvalue weighted by Gasteiger charge is 2.53. The number of nitrogens with one attached hydrogen (secondary N) is 1. The minimum absolute atomic E-state index is 0.141. The molecule has 1 spiro atoms. The summed E-state index contributed by atoms with van der Waals surface area (Å²) in [7, 11) is -3.70. The van der Waals surface area contributed by atoms with Gasteiger partial charge in [-0.2, -0.15) is 4.31 Å². The molecular weight excluding hydrogens is 414 g/mol. The second-order valence-corrected chi connectivity index (χ2v) is 10.3. The Balaban J connectivity index is 1.62. The quantitative estimate of drug-likeness (QED) is 0.736. The van der Waals surface area contributed by atoms with Crippen molar-refractivity contribution >= 4 is 21.6 Å². The predicted octanol–water partition coefficient (Wildman–Crippen LogP) is 3.69. The van der Waals surface area contributed by atoms with Crippen LogP contribution in [0.3, 0.4) is 0 Å². The molecule has 0 radical (unpaired) electrons. The van der Waals surface area contributed by atoms with Crippen molar-refractivity contribution in [1.29, 1.82) is 0 Å². The summed E-state index contributed by atoms with van der Waals surface area (Å²) >= 11 is 0. The monoisotopic (exact) mass is 443 g/mol. The van der Waals surface area contributed by atoms with Gasteiger partial charge in [0.25, 0.3) is 0 Å². The van der Waals surface area contributed by atoms with Crippen LogP contribution in [0.4, 0.5) is 5.69 Å². The van der Waals surface area contributed by atoms with Crippen LogP contribution < -0.4 is 10.1 Å². The first-order valence-corrected chi connectivity index (χ1v) is 12.3. The summed E-state index contributed by atoms with van der Waals surface area (Å²) in [5, 5.41) is 3.02. The number of nitrogens with zero attached hydrogens (tertiary/aromatic N) is 2. The molecule has 2 heterocycles. The molecule has 1 atom stereocenters. The molecule has 1 aliphatic carbocycles. The van der Waals surface area contributed by atoms with E-state index in [1.807, 2.05) is 31.2 Å². The zero-order valence-corrected chi connectivity index (χ0v) is 18.6. The van der Waals surface area contributed by atoms with Crippen molar-refractivity contribution in [3.8, 4) is 5.75 Å². The molecule has 166 valence electrons. The van der Waals surface area contributed by atoms with E-state index in [4.69, 9.17) is 4.74 Å². The maximum Gasteiger partial charge on any atom is 0.244 e. The van der Waals surface area contributed by atoms with Gasteiger partial charge in [-0.05, 0) is 49.4 Å². The number of aromatic nitrogens is 1. The summed E-state index contributed by atoms with van der Waals surface area (Å²) in [5.74, 6) is 0.0701. The summed E-state index contributed by atoms with van der Waals surface area (Å²) < 4.78 is 33.6. The third kappa shape index (κ3) is 4.32. The highest BCUT2D eigenvalue weighted by molar-refractivity contribution is 7.89. The van der Waals surface area contributed by atoms with Gasteiger partial charge in [0.05, 0.1) is 18.2 Å². The maximum absolute atomic E-state index is 13.5. The number of para-hydroxylation sites is 2. The molecule has 2 aromatic rings. The van der Waals surface area contributed by atoms with Crippen LogP contribution in [0.25, 0.3) is 0 Å². The van der Waals surface area contributed by atoms with E-state index in [0.29, 0.717) is 24.6 Å². The number of carbonyl (C=O) groups excluding carboxylic acids is 1. The van der Waals surface area contributed by atoms with Crippen LogP contribution in [-0.2, 0) is 14.8 Å². The Bertz CT molecular complexity index is 1020. The van der Waals surface area contributed by atoms with Gasteiger partial charge in [-0.3, -0.25) is 9.78 Å². The van der Waals surface area contributed by atoms with Gasteiger partial charge in [-0.15, -0.1) is 0 Å². The van der Waals surface area contributed by atoms with Crippen LogP contribution in [-0.4, -0.2) is 43.3 Å². The Morgan fingerprint density at radius 1 is 1.19 bits per heavy atom. The number of carbonyl (C=O) groups is 1. The number of benzene rings is 1. The van der Waals surface area contributed by atoms with Gasteiger partial charge in [0.1, 0.15) is 10.6 Å². The molecule has 0 bridgehead atoms. The molecule has 1 aromatic heterocycles. The molecule has 0 unspecified atom stereocenters. The molecule has 1 aliphatic heterocycles. The highest BCUT2D eigenvalue weighted by atomic mass is 32.2. The first-order chi connectivity index (χ1) is 15.0. The van der Waals surface area contributed by atoms with Crippen molar-refractivity contribution in [1.82, 2.24) is 9.29 Å². The molecule has 8 heteroatoms. The number of sulfonamides is 1. The number of anilines is 1. The molecular formula is C23H29N3O4S. The molecule has 2 fully saturated rings. The maximum atomic E-state index is 13.5. The highest BCUT2D eigenvalue weighted by Crippen LogP contribution is 2.49. The lowest BCUT2D eigenvalue weighted by Gasteiger charge is -2.37. The lowest BCUT2D eigenvalue weighted by atomic mass is 9.67. The lowest BCUT2D eigenvalue weighted by molar-refractivity contribution is -0.123. The van der Waals surface area contributed by atoms with Gasteiger partial charge in [0, 0.05) is 25.5 Å². The molecule has 1 amide bonds. The van der Waals surface area contributed by atoms with E-state index in [-0.39, 0.29) is 22.8 Å². The average molecular weight is 444 g/mol. The van der Waals surface area contributed by atoms with Crippen molar-refractivity contribution in [3.63, 3.8) is 0 Å². The Morgan fingerprint density at radius 2 is 1.97 bits per heavy atom. The van der Waals surface area contributed by atoms with E-state index in [1.54, 1.807) is 18.3 Å². The van der Waals surface area contributed by atoms with Crippen molar-refractivity contribution in [3.05, 3.63) is 48.8 Å². The predicted molar refractivity (Wildman–Crippen MR) is 118 cm³/mol. The first kappa shape index (κ1) is 21.8. The minimum Gasteiger partial charge on any atom is -0.492 e. The Morgan fingerprint density at radius 3 is 2.68 bits per heavy atom. The van der Waals surface area contributed by atoms with Gasteiger partial charge >= 0.3 is 0 Å². The van der Waals surface area contributed by atoms with Crippen LogP contribution in [0.1, 0.15) is 39.0 Å². The summed E-state index contributed by atoms with van der Waals surface area (Å²) in [6, 6.07) is 10.5. The minimum atomic E-state index is -3.70. The molecule has 4 rings (SSSR count). The Labute approximate surface area is 183 Å². The number of hydrogen-bond donors (Lipinski definition) is 1. The van der Waals surface area contributed by atoms with Crippen molar-refractivity contribution in [2.45, 2.75) is 43.9 Å². The van der Waals surface area contributed by atoms with E-state index < -0.39 is 15.9 Å². The summed E-state index contributed by atoms with van der Waals surface area (Å²) in [6.07, 6.45) is 7.79. The standard InChI is InChI=1S/C23H29N3O4S/c1-2-30-21-11-5-4-10-20(21)25-22(27)19-16-26(17-23(19)12-6-3-7-13-23)31(28,29)18-9-8-14-24-15-18/h4-5,8-11,14-15,19H,2-3,6-7,12-13,16-17H2,1H3,(H,25,27)/t19-/m1/s1. The first-order valence-electron chi connectivity index (χ1n) is 10.9. The van der Waals surface area contributed by atoms with Gasteiger partial charge in [0.15, 0.2) is 0 Å². The van der Waals surface area contributed by atoms with Crippen molar-refractivity contribution in [2.24, 2.45) is 11.3 Å². The summed E-state index contributed by atoms with van der Waals surface area (Å²) in [5.41, 5.74) is 0.284. The van der Waals surface area contributed by atoms with E-state index >= 15 is 0 Å². The van der Waals surface area contributed by atoms with Crippen LogP contribution >= 0.6 is 0 Å². The normalized spacial score (nSPS) is 21.1. The van der Waals surface area contributed by atoms with Crippen molar-refractivity contribution < 1.29 is 17.9 Å². The number of amides is 1. The zero-order valence-electron chi connectivity index (χ0n) is 17.8. The number of ether oxygens (including phenoxy) is 1. The third-order valence-electron chi connectivity index (χ3n) is 6.50. The van der Waals surface area contributed by atoms with E-state index in [1.165, 1.54) is 10.5 Å². The largest absolute Gasteiger partial charge is 0.492 e. The van der Waals surface area contributed by atoms with Crippen LogP contribution in [0.15, 0.2) is 53.7 Å². The zero-order chi connectivity index (χ0) is 21.9. The topological polar surface area (TPSA) is 88.6 Å². The fourth-order valence-electron chi connectivity index (χ4n) is 4.95. The molecule has 1 saturated carbocycles. The van der Waals surface area contributed by atoms with Gasteiger partial charge in [-0.1, -0.05) is 31.4 Å². The average Bonchev–Trinajstić information content (AvgIpc) is 3.16. The molecule has 7 nitrogen and oxygen atoms in total. The summed E-state index contributed by atoms with van der Waals surface area (Å²) in [4.78, 5) is 17.6. The fourth-order valence-corrected chi connectivity index (χ4v) is 6.46. The molecule has 2 aliphatic rings. The molecule has 1 N–H and O–H groups in total. The molecule has 31 heavy (non-hydrogen) atoms. The smallest absolute Gasteiger partial charge is 0.244 e. The molecule has 1 aromatic carbocycles. The number of hydrogen-bond acceptors (Lipinski definition) is 5. The second-order valence-electron chi connectivity index (χ2n) is 8.38. The van der Waals surface area contributed by atoms with Gasteiger partial charge in [0.2, 0.25) is 15.9 Å². The number of rotatable bonds is 6. The van der Waals surface area contributed by atoms with E-state index in [2.05, 4.69) is 10.3 Å². The molecule has 1 saturated heterocycles. The fraction of sp³-hybridized carbons (Fsp3) is 0.478. The summed E-state index contributed by atoms with van der Waals surface area (Å²) in [6.45, 7) is 2.94. The van der Waals surface area contributed by atoms with Crippen LogP contribution in [0.2, 0.25) is 0 Å². The lowest BCUT2D eigenvalue weighted by Crippen LogP contribution is -2.39. The van der Waals surface area contributed by atoms with Crippen molar-refractivity contribution in [2.75, 3.05) is 25.0 Å².